The van der Waals surface area contributed by atoms with Crippen LogP contribution >= 0.6 is 0 Å². The molecular weight excluding hydrogens is 177 g/mol. The van der Waals surface area contributed by atoms with Crippen molar-refractivity contribution in [1.29, 1.82) is 0 Å². The molecule has 0 saturated carbocycles. The maximum Gasteiger partial charge on any atom is 0.123 e. The minimum absolute atomic E-state index is 0.161. The Labute approximate surface area is 85.3 Å². The van der Waals surface area contributed by atoms with Crippen LogP contribution in [0.2, 0.25) is 0 Å². The summed E-state index contributed by atoms with van der Waals surface area (Å²) in [5.41, 5.74) is 1.01. The van der Waals surface area contributed by atoms with E-state index in [0.717, 1.165) is 12.1 Å². The molecule has 0 bridgehead atoms. The van der Waals surface area contributed by atoms with Crippen LogP contribution in [0.15, 0.2) is 24.3 Å². The molecule has 1 aromatic carbocycles. The Bertz CT molecular complexity index is 273. The largest absolute Gasteiger partial charge is 0.310 e. The lowest BCUT2D eigenvalue weighted by Crippen LogP contribution is -2.19. The average Bonchev–Trinajstić information content (AvgIpc) is 2.18. The van der Waals surface area contributed by atoms with Gasteiger partial charge in [0.15, 0.2) is 0 Å². The highest BCUT2D eigenvalue weighted by molar-refractivity contribution is 5.19. The first kappa shape index (κ1) is 11.2. The Morgan fingerprint density at radius 1 is 1.43 bits per heavy atom. The normalized spacial score (nSPS) is 12.8. The van der Waals surface area contributed by atoms with E-state index in [1.54, 1.807) is 12.1 Å². The summed E-state index contributed by atoms with van der Waals surface area (Å²) in [6.07, 6.45) is 2.35. The number of halogens is 1. The molecule has 0 aliphatic heterocycles. The Kier molecular flexibility index (Phi) is 4.60. The zero-order valence-corrected chi connectivity index (χ0v) is 8.89. The third kappa shape index (κ3) is 3.46. The molecule has 2 heteroatoms. The molecule has 1 aromatic rings. The molecule has 0 fully saturated rings. The van der Waals surface area contributed by atoms with Gasteiger partial charge in [-0.2, -0.15) is 0 Å². The van der Waals surface area contributed by atoms with Crippen LogP contribution in [0, 0.1) is 5.82 Å². The van der Waals surface area contributed by atoms with Gasteiger partial charge in [0.25, 0.3) is 0 Å². The lowest BCUT2D eigenvalue weighted by Gasteiger charge is -2.13. The quantitative estimate of drug-likeness (QED) is 0.711. The lowest BCUT2D eigenvalue weighted by molar-refractivity contribution is 0.548. The molecule has 0 aromatic heterocycles. The third-order valence-corrected chi connectivity index (χ3v) is 2.33. The molecule has 14 heavy (non-hydrogen) atoms. The average molecular weight is 195 g/mol. The summed E-state index contributed by atoms with van der Waals surface area (Å²) in [5.74, 6) is -0.161. The van der Waals surface area contributed by atoms with Crippen molar-refractivity contribution in [3.05, 3.63) is 35.6 Å². The molecule has 78 valence electrons. The molecule has 0 unspecified atom stereocenters. The molecule has 1 nitrogen and oxygen atoms in total. The van der Waals surface area contributed by atoms with Crippen molar-refractivity contribution in [2.24, 2.45) is 0 Å². The predicted molar refractivity (Wildman–Crippen MR) is 57.7 cm³/mol. The molecule has 1 atom stereocenters. The highest BCUT2D eigenvalue weighted by atomic mass is 19.1. The second-order valence-corrected chi connectivity index (χ2v) is 3.58. The summed E-state index contributed by atoms with van der Waals surface area (Å²) < 4.78 is 12.9. The van der Waals surface area contributed by atoms with Gasteiger partial charge in [0, 0.05) is 6.04 Å². The number of unbranched alkanes of at least 4 members (excludes halogenated alkanes) is 1. The Hall–Kier alpha value is -0.890. The van der Waals surface area contributed by atoms with Gasteiger partial charge in [-0.25, -0.2) is 4.39 Å². The van der Waals surface area contributed by atoms with E-state index in [2.05, 4.69) is 19.2 Å². The fourth-order valence-electron chi connectivity index (χ4n) is 1.39. The lowest BCUT2D eigenvalue weighted by atomic mass is 10.1. The first-order valence-corrected chi connectivity index (χ1v) is 5.23. The smallest absolute Gasteiger partial charge is 0.123 e. The van der Waals surface area contributed by atoms with Crippen LogP contribution in [0.25, 0.3) is 0 Å². The van der Waals surface area contributed by atoms with Crippen LogP contribution in [-0.4, -0.2) is 6.54 Å². The van der Waals surface area contributed by atoms with Gasteiger partial charge in [0.1, 0.15) is 5.82 Å². The Morgan fingerprint density at radius 2 is 2.21 bits per heavy atom. The van der Waals surface area contributed by atoms with Gasteiger partial charge in [-0.15, -0.1) is 0 Å². The Balaban J connectivity index is 2.47. The fourth-order valence-corrected chi connectivity index (χ4v) is 1.39. The predicted octanol–water partition coefficient (Wildman–Crippen LogP) is 3.28. The molecule has 0 radical (unpaired) electrons. The highest BCUT2D eigenvalue weighted by Crippen LogP contribution is 2.13. The molecule has 1 rings (SSSR count). The van der Waals surface area contributed by atoms with Crippen molar-refractivity contribution in [2.75, 3.05) is 6.54 Å². The molecule has 0 spiro atoms. The van der Waals surface area contributed by atoms with E-state index in [4.69, 9.17) is 0 Å². The van der Waals surface area contributed by atoms with Crippen molar-refractivity contribution in [3.63, 3.8) is 0 Å². The van der Waals surface area contributed by atoms with E-state index in [-0.39, 0.29) is 11.9 Å². The summed E-state index contributed by atoms with van der Waals surface area (Å²) in [7, 11) is 0. The van der Waals surface area contributed by atoms with E-state index < -0.39 is 0 Å². The first-order chi connectivity index (χ1) is 6.74. The van der Waals surface area contributed by atoms with Crippen LogP contribution in [0.1, 0.15) is 38.3 Å². The van der Waals surface area contributed by atoms with Gasteiger partial charge >= 0.3 is 0 Å². The van der Waals surface area contributed by atoms with Gasteiger partial charge < -0.3 is 5.32 Å². The number of hydrogen-bond donors (Lipinski definition) is 1. The number of hydrogen-bond acceptors (Lipinski definition) is 1. The van der Waals surface area contributed by atoms with Crippen LogP contribution in [0.5, 0.6) is 0 Å². The van der Waals surface area contributed by atoms with E-state index in [9.17, 15) is 4.39 Å². The van der Waals surface area contributed by atoms with Crippen LogP contribution < -0.4 is 5.32 Å². The van der Waals surface area contributed by atoms with Crippen LogP contribution in [0.3, 0.4) is 0 Å². The second-order valence-electron chi connectivity index (χ2n) is 3.58. The number of benzene rings is 1. The molecule has 0 aliphatic carbocycles. The maximum atomic E-state index is 12.9. The fraction of sp³-hybridized carbons (Fsp3) is 0.500. The zero-order valence-electron chi connectivity index (χ0n) is 8.89. The van der Waals surface area contributed by atoms with Gasteiger partial charge in [0.2, 0.25) is 0 Å². The van der Waals surface area contributed by atoms with Gasteiger partial charge in [-0.3, -0.25) is 0 Å². The SMILES string of the molecule is CCCCN[C@H](C)c1cccc(F)c1. The summed E-state index contributed by atoms with van der Waals surface area (Å²) in [4.78, 5) is 0. The van der Waals surface area contributed by atoms with Crippen molar-refractivity contribution < 1.29 is 4.39 Å². The van der Waals surface area contributed by atoms with Crippen LogP contribution in [-0.2, 0) is 0 Å². The monoisotopic (exact) mass is 195 g/mol. The van der Waals surface area contributed by atoms with Gasteiger partial charge in [0.05, 0.1) is 0 Å². The number of rotatable bonds is 5. The number of nitrogens with one attached hydrogen (secondary N) is 1. The van der Waals surface area contributed by atoms with Crippen molar-refractivity contribution in [2.45, 2.75) is 32.7 Å². The molecular formula is C12H18FN. The zero-order chi connectivity index (χ0) is 10.4. The standard InChI is InChI=1S/C12H18FN/c1-3-4-8-14-10(2)11-6-5-7-12(13)9-11/h5-7,9-10,14H,3-4,8H2,1-2H3/t10-/m1/s1. The molecule has 1 N–H and O–H groups in total. The summed E-state index contributed by atoms with van der Waals surface area (Å²) in [6, 6.07) is 7.00. The minimum atomic E-state index is -0.161. The molecule has 0 saturated heterocycles. The van der Waals surface area contributed by atoms with E-state index in [1.165, 1.54) is 18.9 Å². The summed E-state index contributed by atoms with van der Waals surface area (Å²) in [6.45, 7) is 5.22. The topological polar surface area (TPSA) is 12.0 Å². The molecule has 0 heterocycles. The van der Waals surface area contributed by atoms with Crippen LogP contribution in [0.4, 0.5) is 4.39 Å². The van der Waals surface area contributed by atoms with Gasteiger partial charge in [-0.1, -0.05) is 25.5 Å². The third-order valence-electron chi connectivity index (χ3n) is 2.33. The molecule has 0 amide bonds. The maximum absolute atomic E-state index is 12.9. The molecule has 0 aliphatic rings. The van der Waals surface area contributed by atoms with Gasteiger partial charge in [-0.05, 0) is 37.6 Å². The van der Waals surface area contributed by atoms with Crippen molar-refractivity contribution >= 4 is 0 Å². The first-order valence-electron chi connectivity index (χ1n) is 5.23. The highest BCUT2D eigenvalue weighted by Gasteiger charge is 2.04. The second kappa shape index (κ2) is 5.76. The van der Waals surface area contributed by atoms with E-state index in [0.29, 0.717) is 0 Å². The van der Waals surface area contributed by atoms with E-state index in [1.807, 2.05) is 6.07 Å². The van der Waals surface area contributed by atoms with Crippen molar-refractivity contribution in [1.82, 2.24) is 5.32 Å². The summed E-state index contributed by atoms with van der Waals surface area (Å²) >= 11 is 0. The van der Waals surface area contributed by atoms with E-state index >= 15 is 0 Å². The van der Waals surface area contributed by atoms with Crippen molar-refractivity contribution in [3.8, 4) is 0 Å². The summed E-state index contributed by atoms with van der Waals surface area (Å²) in [5, 5.41) is 3.36. The Morgan fingerprint density at radius 3 is 2.86 bits per heavy atom. The minimum Gasteiger partial charge on any atom is -0.310 e.